The maximum Gasteiger partial charge on any atom is 0.231 e. The van der Waals surface area contributed by atoms with Gasteiger partial charge in [0, 0.05) is 0 Å². The third-order valence-electron chi connectivity index (χ3n) is 1.81. The molecule has 0 radical (unpaired) electrons. The van der Waals surface area contributed by atoms with Crippen LogP contribution < -0.4 is 0 Å². The number of fused-ring (bicyclic) bond motifs is 2. The van der Waals surface area contributed by atoms with E-state index in [0.717, 1.165) is 23.0 Å². The van der Waals surface area contributed by atoms with Gasteiger partial charge in [0.15, 0.2) is 23.0 Å². The van der Waals surface area contributed by atoms with Crippen LogP contribution in [-0.4, -0.2) is 19.1 Å². The predicted molar refractivity (Wildman–Crippen MR) is 35.5 cm³/mol. The molecule has 3 rings (SSSR count). The van der Waals surface area contributed by atoms with Gasteiger partial charge in [-0.15, -0.1) is 0 Å². The van der Waals surface area contributed by atoms with Crippen molar-refractivity contribution in [2.24, 2.45) is 4.99 Å². The minimum atomic E-state index is 0.292. The van der Waals surface area contributed by atoms with Gasteiger partial charge in [0.25, 0.3) is 0 Å². The average molecular weight is 151 g/mol. The Kier molecular flexibility index (Phi) is 0.753. The van der Waals surface area contributed by atoms with Crippen molar-refractivity contribution in [2.75, 3.05) is 13.4 Å². The summed E-state index contributed by atoms with van der Waals surface area (Å²) in [5.41, 5.74) is 0.795. The monoisotopic (exact) mass is 151 g/mol. The number of rotatable bonds is 0. The molecule has 0 unspecified atom stereocenters. The van der Waals surface area contributed by atoms with Crippen molar-refractivity contribution in [1.82, 2.24) is 0 Å². The predicted octanol–water partition coefficient (Wildman–Crippen LogP) is 0.528. The summed E-state index contributed by atoms with van der Waals surface area (Å²) in [5.74, 6) is 2.34. The summed E-state index contributed by atoms with van der Waals surface area (Å²) < 4.78 is 15.6. The maximum absolute atomic E-state index is 5.26. The van der Waals surface area contributed by atoms with E-state index < -0.39 is 0 Å². The van der Waals surface area contributed by atoms with E-state index in [1.54, 1.807) is 6.20 Å². The summed E-state index contributed by atoms with van der Waals surface area (Å²) in [5, 5.41) is 0. The van der Waals surface area contributed by atoms with Crippen molar-refractivity contribution in [3.8, 4) is 0 Å². The molecule has 0 bridgehead atoms. The standard InChI is InChI=1S/C7H5NO3/c1-4-6(8-1)7-5(2-9-4)10-3-11-7/h1H,2-3H2. The quantitative estimate of drug-likeness (QED) is 0.507. The molecule has 0 spiro atoms. The average Bonchev–Trinajstić information content (AvgIpc) is 2.34. The summed E-state index contributed by atoms with van der Waals surface area (Å²) in [6.45, 7) is 0.764. The van der Waals surface area contributed by atoms with Gasteiger partial charge in [0.05, 0.1) is 6.20 Å². The third-order valence-corrected chi connectivity index (χ3v) is 1.81. The highest BCUT2D eigenvalue weighted by molar-refractivity contribution is 6.14. The number of nitrogens with zero attached hydrogens (tertiary/aromatic N) is 1. The second-order valence-corrected chi connectivity index (χ2v) is 2.42. The molecule has 3 aliphatic heterocycles. The molecule has 3 heterocycles. The third kappa shape index (κ3) is 0.520. The van der Waals surface area contributed by atoms with Crippen LogP contribution in [0.4, 0.5) is 0 Å². The molecular weight excluding hydrogens is 146 g/mol. The van der Waals surface area contributed by atoms with E-state index in [1.165, 1.54) is 0 Å². The van der Waals surface area contributed by atoms with Gasteiger partial charge < -0.3 is 14.2 Å². The zero-order chi connectivity index (χ0) is 7.26. The lowest BCUT2D eigenvalue weighted by molar-refractivity contribution is 0.0669. The Morgan fingerprint density at radius 1 is 1.27 bits per heavy atom. The molecule has 56 valence electrons. The molecule has 0 saturated carbocycles. The minimum absolute atomic E-state index is 0.292. The first-order valence-corrected chi connectivity index (χ1v) is 3.35. The van der Waals surface area contributed by atoms with Crippen molar-refractivity contribution in [3.63, 3.8) is 0 Å². The number of hydrogen-bond acceptors (Lipinski definition) is 4. The van der Waals surface area contributed by atoms with E-state index in [4.69, 9.17) is 14.2 Å². The van der Waals surface area contributed by atoms with Crippen LogP contribution in [0, 0.1) is 0 Å². The lowest BCUT2D eigenvalue weighted by atomic mass is 10.1. The molecule has 0 atom stereocenters. The second kappa shape index (κ2) is 1.58. The molecule has 0 fully saturated rings. The Bertz CT molecular complexity index is 314. The minimum Gasteiger partial charge on any atom is -0.481 e. The number of ether oxygens (including phenoxy) is 3. The summed E-state index contributed by atoms with van der Waals surface area (Å²) in [6.07, 6.45) is 1.68. The fourth-order valence-corrected chi connectivity index (χ4v) is 1.21. The van der Waals surface area contributed by atoms with Crippen molar-refractivity contribution in [1.29, 1.82) is 0 Å². The van der Waals surface area contributed by atoms with Crippen LogP contribution in [0.15, 0.2) is 28.5 Å². The van der Waals surface area contributed by atoms with Gasteiger partial charge in [0.2, 0.25) is 6.79 Å². The smallest absolute Gasteiger partial charge is 0.231 e. The van der Waals surface area contributed by atoms with Gasteiger partial charge >= 0.3 is 0 Å². The molecule has 0 aliphatic carbocycles. The molecule has 0 saturated heterocycles. The molecule has 0 aromatic heterocycles. The Morgan fingerprint density at radius 3 is 3.09 bits per heavy atom. The highest BCUT2D eigenvalue weighted by Gasteiger charge is 2.34. The molecule has 0 aromatic rings. The van der Waals surface area contributed by atoms with E-state index in [0.29, 0.717) is 13.4 Å². The highest BCUT2D eigenvalue weighted by atomic mass is 16.7. The van der Waals surface area contributed by atoms with Crippen molar-refractivity contribution in [2.45, 2.75) is 0 Å². The summed E-state index contributed by atoms with van der Waals surface area (Å²) in [4.78, 5) is 4.00. The van der Waals surface area contributed by atoms with Crippen LogP contribution in [-0.2, 0) is 14.2 Å². The maximum atomic E-state index is 5.26. The van der Waals surface area contributed by atoms with E-state index in [2.05, 4.69) is 4.99 Å². The van der Waals surface area contributed by atoms with Crippen molar-refractivity contribution < 1.29 is 14.2 Å². The molecule has 4 heteroatoms. The first kappa shape index (κ1) is 5.23. The SMILES string of the molecule is C1=C2OCC3=C(OCO3)C2=N1. The topological polar surface area (TPSA) is 40.0 Å². The van der Waals surface area contributed by atoms with Crippen LogP contribution in [0.25, 0.3) is 0 Å². The fraction of sp³-hybridized carbons (Fsp3) is 0.286. The van der Waals surface area contributed by atoms with Crippen molar-refractivity contribution in [3.05, 3.63) is 23.5 Å². The first-order chi connectivity index (χ1) is 5.45. The van der Waals surface area contributed by atoms with E-state index >= 15 is 0 Å². The molecule has 0 amide bonds. The zero-order valence-corrected chi connectivity index (χ0v) is 5.66. The lowest BCUT2D eigenvalue weighted by Gasteiger charge is -2.21. The Labute approximate surface area is 62.8 Å². The van der Waals surface area contributed by atoms with Gasteiger partial charge in [-0.05, 0) is 0 Å². The molecule has 3 aliphatic rings. The van der Waals surface area contributed by atoms with Crippen LogP contribution in [0.3, 0.4) is 0 Å². The van der Waals surface area contributed by atoms with Crippen LogP contribution in [0.1, 0.15) is 0 Å². The Balaban J connectivity index is 2.07. The Hall–Kier alpha value is -1.45. The van der Waals surface area contributed by atoms with E-state index in [1.807, 2.05) is 0 Å². The van der Waals surface area contributed by atoms with Gasteiger partial charge in [-0.2, -0.15) is 0 Å². The van der Waals surface area contributed by atoms with Gasteiger partial charge in [-0.1, -0.05) is 0 Å². The van der Waals surface area contributed by atoms with Gasteiger partial charge in [-0.25, -0.2) is 4.99 Å². The molecule has 0 N–H and O–H groups in total. The normalized spacial score (nSPS) is 24.7. The number of aliphatic imine (C=N–C) groups is 1. The lowest BCUT2D eigenvalue weighted by Crippen LogP contribution is -2.22. The molecule has 4 nitrogen and oxygen atoms in total. The summed E-state index contributed by atoms with van der Waals surface area (Å²) in [6, 6.07) is 0. The van der Waals surface area contributed by atoms with Crippen LogP contribution in [0.5, 0.6) is 0 Å². The number of hydrogen-bond donors (Lipinski definition) is 0. The highest BCUT2D eigenvalue weighted by Crippen LogP contribution is 2.30. The van der Waals surface area contributed by atoms with Crippen LogP contribution >= 0.6 is 0 Å². The van der Waals surface area contributed by atoms with E-state index in [9.17, 15) is 0 Å². The molecule has 0 aromatic carbocycles. The Morgan fingerprint density at radius 2 is 2.27 bits per heavy atom. The molecule has 11 heavy (non-hydrogen) atoms. The van der Waals surface area contributed by atoms with Crippen LogP contribution in [0.2, 0.25) is 0 Å². The van der Waals surface area contributed by atoms with Gasteiger partial charge in [-0.3, -0.25) is 0 Å². The summed E-state index contributed by atoms with van der Waals surface area (Å²) >= 11 is 0. The zero-order valence-electron chi connectivity index (χ0n) is 5.66. The first-order valence-electron chi connectivity index (χ1n) is 3.35. The van der Waals surface area contributed by atoms with Crippen molar-refractivity contribution >= 4 is 5.71 Å². The fourth-order valence-electron chi connectivity index (χ4n) is 1.21. The van der Waals surface area contributed by atoms with Gasteiger partial charge in [0.1, 0.15) is 6.61 Å². The molecular formula is C7H5NO3. The largest absolute Gasteiger partial charge is 0.481 e. The summed E-state index contributed by atoms with van der Waals surface area (Å²) in [7, 11) is 0. The van der Waals surface area contributed by atoms with E-state index in [-0.39, 0.29) is 0 Å². The second-order valence-electron chi connectivity index (χ2n) is 2.42.